The second kappa shape index (κ2) is 31.6. The molecule has 2 fully saturated rings. The van der Waals surface area contributed by atoms with Crippen LogP contribution in [0.3, 0.4) is 0 Å². The zero-order valence-electron chi connectivity index (χ0n) is 35.1. The maximum atomic E-state index is 13.0. The van der Waals surface area contributed by atoms with Gasteiger partial charge >= 0.3 is 0 Å². The van der Waals surface area contributed by atoms with Gasteiger partial charge in [0.25, 0.3) is 0 Å². The molecule has 1 amide bonds. The molecule has 336 valence electrons. The number of nitrogens with one attached hydrogen (secondary N) is 1. The van der Waals surface area contributed by atoms with Gasteiger partial charge in [0.1, 0.15) is 48.8 Å². The minimum atomic E-state index is -1.78. The van der Waals surface area contributed by atoms with Gasteiger partial charge in [0.2, 0.25) is 5.91 Å². The molecule has 0 radical (unpaired) electrons. The lowest BCUT2D eigenvalue weighted by molar-refractivity contribution is -0.359. The molecule has 12 unspecified atom stereocenters. The molecule has 12 atom stereocenters. The van der Waals surface area contributed by atoms with E-state index >= 15 is 0 Å². The maximum Gasteiger partial charge on any atom is 0.220 e. The molecule has 2 saturated heterocycles. The minimum Gasteiger partial charge on any atom is -0.394 e. The van der Waals surface area contributed by atoms with Crippen LogP contribution in [0.2, 0.25) is 0 Å². The van der Waals surface area contributed by atoms with Crippen molar-refractivity contribution in [2.75, 3.05) is 19.8 Å². The largest absolute Gasteiger partial charge is 0.394 e. The Morgan fingerprint density at radius 2 is 1.11 bits per heavy atom. The minimum absolute atomic E-state index is 0.219. The van der Waals surface area contributed by atoms with E-state index in [-0.39, 0.29) is 12.5 Å². The first-order chi connectivity index (χ1) is 27.6. The quantitative estimate of drug-likeness (QED) is 0.0337. The number of carbonyl (C=O) groups excluding carboxylic acids is 1. The van der Waals surface area contributed by atoms with Gasteiger partial charge < -0.3 is 65.1 Å². The van der Waals surface area contributed by atoms with Gasteiger partial charge in [0, 0.05) is 6.42 Å². The number of hydrogen-bond acceptors (Lipinski definition) is 13. The van der Waals surface area contributed by atoms with E-state index < -0.39 is 86.8 Å². The smallest absolute Gasteiger partial charge is 0.220 e. The molecule has 0 saturated carbocycles. The summed E-state index contributed by atoms with van der Waals surface area (Å²) in [7, 11) is 0. The zero-order chi connectivity index (χ0) is 41.8. The summed E-state index contributed by atoms with van der Waals surface area (Å²) in [6.45, 7) is 2.69. The summed E-state index contributed by atoms with van der Waals surface area (Å²) in [4.78, 5) is 13.0. The van der Waals surface area contributed by atoms with E-state index in [1.807, 2.05) is 0 Å². The molecule has 0 aromatic rings. The van der Waals surface area contributed by atoms with Crippen LogP contribution in [0.25, 0.3) is 0 Å². The molecule has 2 aliphatic heterocycles. The van der Waals surface area contributed by atoms with Crippen LogP contribution in [-0.2, 0) is 23.7 Å². The Kier molecular flexibility index (Phi) is 28.7. The average Bonchev–Trinajstić information content (AvgIpc) is 3.21. The van der Waals surface area contributed by atoms with E-state index in [0.29, 0.717) is 12.8 Å². The number of hydrogen-bond donors (Lipinski definition) is 9. The summed E-state index contributed by atoms with van der Waals surface area (Å²) in [5.74, 6) is -0.219. The van der Waals surface area contributed by atoms with Crippen molar-refractivity contribution in [1.82, 2.24) is 5.32 Å². The van der Waals surface area contributed by atoms with Crippen molar-refractivity contribution in [1.29, 1.82) is 0 Å². The standard InChI is InChI=1S/C43H81NO13/c1-3-5-7-9-10-11-12-13-14-15-16-17-18-19-20-21-22-23-25-27-35(48)44-31(32(47)26-24-8-6-4-2)30-54-42-40(53)38(51)41(34(29-46)56-42)57-43-39(52)37(50)36(49)33(28-45)55-43/h13-14,31-34,36-43,45-47,49-53H,3-12,15-30H2,1-2H3,(H,44,48)/b14-13-. The lowest BCUT2D eigenvalue weighted by Gasteiger charge is -2.46. The van der Waals surface area contributed by atoms with Crippen molar-refractivity contribution in [3.05, 3.63) is 12.2 Å². The number of amides is 1. The number of carbonyl (C=O) groups is 1. The summed E-state index contributed by atoms with van der Waals surface area (Å²) >= 11 is 0. The Morgan fingerprint density at radius 1 is 0.614 bits per heavy atom. The average molecular weight is 820 g/mol. The third-order valence-electron chi connectivity index (χ3n) is 11.2. The van der Waals surface area contributed by atoms with Crippen LogP contribution in [-0.4, -0.2) is 140 Å². The van der Waals surface area contributed by atoms with Crippen molar-refractivity contribution in [3.8, 4) is 0 Å². The fraction of sp³-hybridized carbons (Fsp3) is 0.930. The molecule has 57 heavy (non-hydrogen) atoms. The predicted molar refractivity (Wildman–Crippen MR) is 217 cm³/mol. The van der Waals surface area contributed by atoms with Crippen LogP contribution in [0.4, 0.5) is 0 Å². The van der Waals surface area contributed by atoms with Crippen LogP contribution in [0, 0.1) is 0 Å². The number of aliphatic hydroxyl groups excluding tert-OH is 8. The third-order valence-corrected chi connectivity index (χ3v) is 11.2. The van der Waals surface area contributed by atoms with Gasteiger partial charge in [0.15, 0.2) is 12.6 Å². The Hall–Kier alpha value is -1.27. The van der Waals surface area contributed by atoms with E-state index in [0.717, 1.165) is 51.4 Å². The van der Waals surface area contributed by atoms with Gasteiger partial charge in [-0.1, -0.05) is 129 Å². The summed E-state index contributed by atoms with van der Waals surface area (Å²) < 4.78 is 22.5. The van der Waals surface area contributed by atoms with Crippen molar-refractivity contribution < 1.29 is 64.6 Å². The SMILES string of the molecule is CCCCCCCC/C=C\CCCCCCCCCCCC(=O)NC(COC1OC(CO)C(OC2OC(CO)C(O)C(O)C2O)C(O)C1O)C(O)CCCCCC. The van der Waals surface area contributed by atoms with E-state index in [9.17, 15) is 45.6 Å². The molecule has 2 heterocycles. The van der Waals surface area contributed by atoms with Crippen molar-refractivity contribution >= 4 is 5.91 Å². The number of unbranched alkanes of at least 4 members (excludes halogenated alkanes) is 18. The Balaban J connectivity index is 1.74. The van der Waals surface area contributed by atoms with Crippen molar-refractivity contribution in [2.45, 2.75) is 235 Å². The van der Waals surface area contributed by atoms with E-state index in [1.165, 1.54) is 83.5 Å². The van der Waals surface area contributed by atoms with Crippen LogP contribution in [0.5, 0.6) is 0 Å². The molecule has 9 N–H and O–H groups in total. The summed E-state index contributed by atoms with van der Waals surface area (Å²) in [5, 5.41) is 86.0. The molecule has 2 rings (SSSR count). The lowest BCUT2D eigenvalue weighted by atomic mass is 9.97. The van der Waals surface area contributed by atoms with Crippen LogP contribution < -0.4 is 5.32 Å². The highest BCUT2D eigenvalue weighted by Gasteiger charge is 2.51. The zero-order valence-corrected chi connectivity index (χ0v) is 35.1. The molecule has 14 nitrogen and oxygen atoms in total. The maximum absolute atomic E-state index is 13.0. The first-order valence-electron chi connectivity index (χ1n) is 22.4. The highest BCUT2D eigenvalue weighted by Crippen LogP contribution is 2.30. The molecule has 2 aliphatic rings. The monoisotopic (exact) mass is 820 g/mol. The lowest BCUT2D eigenvalue weighted by Crippen LogP contribution is -2.65. The second-order valence-electron chi connectivity index (χ2n) is 16.2. The molecular formula is C43H81NO13. The predicted octanol–water partition coefficient (Wildman–Crippen LogP) is 4.04. The second-order valence-corrected chi connectivity index (χ2v) is 16.2. The first kappa shape index (κ1) is 51.9. The van der Waals surface area contributed by atoms with Gasteiger partial charge in [-0.15, -0.1) is 0 Å². The summed E-state index contributed by atoms with van der Waals surface area (Å²) in [6, 6.07) is -0.821. The van der Waals surface area contributed by atoms with Crippen LogP contribution in [0.15, 0.2) is 12.2 Å². The topological polar surface area (TPSA) is 228 Å². The Morgan fingerprint density at radius 3 is 1.67 bits per heavy atom. The molecule has 0 aromatic heterocycles. The Bertz CT molecular complexity index is 1020. The van der Waals surface area contributed by atoms with E-state index in [2.05, 4.69) is 31.3 Å². The van der Waals surface area contributed by atoms with Gasteiger partial charge in [-0.2, -0.15) is 0 Å². The third kappa shape index (κ3) is 20.2. The van der Waals surface area contributed by atoms with Gasteiger partial charge in [-0.05, 0) is 38.5 Å². The summed E-state index contributed by atoms with van der Waals surface area (Å²) in [5.41, 5.74) is 0. The molecule has 0 bridgehead atoms. The van der Waals surface area contributed by atoms with E-state index in [4.69, 9.17) is 18.9 Å². The number of ether oxygens (including phenoxy) is 4. The van der Waals surface area contributed by atoms with Gasteiger partial charge in [-0.3, -0.25) is 4.79 Å². The fourth-order valence-corrected chi connectivity index (χ4v) is 7.46. The van der Waals surface area contributed by atoms with Gasteiger partial charge in [0.05, 0.1) is 32.0 Å². The summed E-state index contributed by atoms with van der Waals surface area (Å²) in [6.07, 6.45) is 13.0. The first-order valence-corrected chi connectivity index (χ1v) is 22.4. The highest BCUT2D eigenvalue weighted by atomic mass is 16.7. The number of rotatable bonds is 33. The normalized spacial score (nSPS) is 29.2. The van der Waals surface area contributed by atoms with Crippen LogP contribution >= 0.6 is 0 Å². The number of allylic oxidation sites excluding steroid dienone is 2. The molecule has 14 heteroatoms. The fourth-order valence-electron chi connectivity index (χ4n) is 7.46. The molecule has 0 aliphatic carbocycles. The van der Waals surface area contributed by atoms with Gasteiger partial charge in [-0.25, -0.2) is 0 Å². The molecule has 0 aromatic carbocycles. The van der Waals surface area contributed by atoms with E-state index in [1.54, 1.807) is 0 Å². The van der Waals surface area contributed by atoms with Crippen molar-refractivity contribution in [2.24, 2.45) is 0 Å². The number of aliphatic hydroxyl groups is 8. The van der Waals surface area contributed by atoms with Crippen molar-refractivity contribution in [3.63, 3.8) is 0 Å². The Labute approximate surface area is 342 Å². The molecule has 0 spiro atoms. The molecular weight excluding hydrogens is 738 g/mol. The van der Waals surface area contributed by atoms with Crippen LogP contribution in [0.1, 0.15) is 162 Å². The highest BCUT2D eigenvalue weighted by molar-refractivity contribution is 5.76.